The molecule has 0 aliphatic rings. The number of hydrogen-bond donors (Lipinski definition) is 3. The van der Waals surface area contributed by atoms with Crippen molar-refractivity contribution in [3.8, 4) is 0 Å². The molecule has 0 saturated carbocycles. The van der Waals surface area contributed by atoms with Gasteiger partial charge in [0, 0.05) is 12.0 Å². The van der Waals surface area contributed by atoms with E-state index < -0.39 is 33.5 Å². The van der Waals surface area contributed by atoms with Crippen molar-refractivity contribution < 1.29 is 27.5 Å². The van der Waals surface area contributed by atoms with Gasteiger partial charge < -0.3 is 20.1 Å². The highest BCUT2D eigenvalue weighted by Crippen LogP contribution is 2.29. The average molecular weight is 666 g/mol. The van der Waals surface area contributed by atoms with Crippen LogP contribution in [-0.2, 0) is 37.5 Å². The third-order valence-electron chi connectivity index (χ3n) is 7.77. The van der Waals surface area contributed by atoms with Gasteiger partial charge in [0.05, 0.1) is 25.5 Å². The Morgan fingerprint density at radius 2 is 1.30 bits per heavy atom. The lowest BCUT2D eigenvalue weighted by molar-refractivity contribution is -0.141. The summed E-state index contributed by atoms with van der Waals surface area (Å²) in [7, 11) is -4.30. The number of para-hydroxylation sites is 1. The third-order valence-corrected chi connectivity index (χ3v) is 9.16. The molecule has 0 radical (unpaired) electrons. The first-order chi connectivity index (χ1) is 22.6. The third kappa shape index (κ3) is 13.5. The maximum absolute atomic E-state index is 13.8. The van der Waals surface area contributed by atoms with Crippen LogP contribution in [0.1, 0.15) is 83.3 Å². The average Bonchev–Trinajstić information content (AvgIpc) is 3.05. The SMILES string of the molecule is CCCCCCCCCCNC(=O)NS(=O)(=O)c1ccccc1NC(=O)C(OCc1ccccc1)C(C)(C)COCc1ccccc1. The van der Waals surface area contributed by atoms with E-state index >= 15 is 0 Å². The van der Waals surface area contributed by atoms with Gasteiger partial charge >= 0.3 is 6.03 Å². The molecule has 0 bridgehead atoms. The highest BCUT2D eigenvalue weighted by Gasteiger charge is 2.37. The molecule has 0 aliphatic carbocycles. The van der Waals surface area contributed by atoms with E-state index in [1.165, 1.54) is 50.3 Å². The molecular weight excluding hydrogens is 614 g/mol. The minimum atomic E-state index is -4.30. The van der Waals surface area contributed by atoms with Gasteiger partial charge in [-0.3, -0.25) is 4.79 Å². The first-order valence-electron chi connectivity index (χ1n) is 16.6. The molecule has 3 amide bonds. The molecule has 1 atom stereocenters. The molecule has 47 heavy (non-hydrogen) atoms. The number of amides is 3. The first-order valence-corrected chi connectivity index (χ1v) is 18.1. The molecule has 256 valence electrons. The van der Waals surface area contributed by atoms with Gasteiger partial charge in [-0.2, -0.15) is 0 Å². The van der Waals surface area contributed by atoms with E-state index in [1.807, 2.05) is 74.5 Å². The molecule has 0 heterocycles. The standard InChI is InChI=1S/C37H51N3O6S/c1-4-5-6-7-8-9-10-19-26-38-36(42)40-47(43,44)33-25-18-17-24-32(33)39-35(41)34(46-28-31-22-15-12-16-23-31)37(2,3)29-45-27-30-20-13-11-14-21-30/h11-18,20-25,34H,4-10,19,26-29H2,1-3H3,(H,39,41)(H2,38,40,42). The van der Waals surface area contributed by atoms with Gasteiger partial charge in [-0.05, 0) is 29.7 Å². The summed E-state index contributed by atoms with van der Waals surface area (Å²) in [5, 5.41) is 5.39. The molecular formula is C37H51N3O6S. The van der Waals surface area contributed by atoms with Crippen LogP contribution in [0.3, 0.4) is 0 Å². The number of unbranched alkanes of at least 4 members (excludes halogenated alkanes) is 7. The van der Waals surface area contributed by atoms with Gasteiger partial charge in [0.2, 0.25) is 0 Å². The number of hydrogen-bond acceptors (Lipinski definition) is 6. The summed E-state index contributed by atoms with van der Waals surface area (Å²) in [4.78, 5) is 26.1. The second-order valence-corrected chi connectivity index (χ2v) is 14.1. The summed E-state index contributed by atoms with van der Waals surface area (Å²) < 4.78 is 40.8. The fraction of sp³-hybridized carbons (Fsp3) is 0.459. The lowest BCUT2D eigenvalue weighted by Crippen LogP contribution is -2.45. The number of sulfonamides is 1. The number of carbonyl (C=O) groups excluding carboxylic acids is 2. The van der Waals surface area contributed by atoms with E-state index in [0.717, 1.165) is 30.4 Å². The predicted octanol–water partition coefficient (Wildman–Crippen LogP) is 7.58. The largest absolute Gasteiger partial charge is 0.376 e. The molecule has 3 rings (SSSR count). The molecule has 9 nitrogen and oxygen atoms in total. The van der Waals surface area contributed by atoms with Crippen molar-refractivity contribution in [1.29, 1.82) is 0 Å². The molecule has 3 aromatic rings. The summed E-state index contributed by atoms with van der Waals surface area (Å²) in [5.41, 5.74) is 1.13. The van der Waals surface area contributed by atoms with Crippen LogP contribution in [0.5, 0.6) is 0 Å². The van der Waals surface area contributed by atoms with E-state index in [2.05, 4.69) is 22.3 Å². The smallest absolute Gasteiger partial charge is 0.328 e. The van der Waals surface area contributed by atoms with Gasteiger partial charge in [0.25, 0.3) is 15.9 Å². The monoisotopic (exact) mass is 665 g/mol. The Balaban J connectivity index is 1.64. The van der Waals surface area contributed by atoms with Gasteiger partial charge in [0.1, 0.15) is 11.0 Å². The number of urea groups is 1. The van der Waals surface area contributed by atoms with Crippen molar-refractivity contribution in [3.05, 3.63) is 96.1 Å². The van der Waals surface area contributed by atoms with E-state index in [-0.39, 0.29) is 23.8 Å². The Kier molecular flexibility index (Phi) is 15.9. The van der Waals surface area contributed by atoms with Gasteiger partial charge in [0.15, 0.2) is 0 Å². The second-order valence-electron chi connectivity index (χ2n) is 12.5. The fourth-order valence-corrected chi connectivity index (χ4v) is 6.26. The number of carbonyl (C=O) groups is 2. The van der Waals surface area contributed by atoms with Crippen molar-refractivity contribution >= 4 is 27.6 Å². The number of rotatable bonds is 21. The molecule has 0 aromatic heterocycles. The molecule has 0 aliphatic heterocycles. The van der Waals surface area contributed by atoms with Crippen LogP contribution in [0.2, 0.25) is 0 Å². The van der Waals surface area contributed by atoms with Crippen molar-refractivity contribution in [2.45, 2.75) is 96.4 Å². The summed E-state index contributed by atoms with van der Waals surface area (Å²) in [6, 6.07) is 24.4. The quantitative estimate of drug-likeness (QED) is 0.101. The zero-order valence-electron chi connectivity index (χ0n) is 28.0. The lowest BCUT2D eigenvalue weighted by Gasteiger charge is -2.33. The van der Waals surface area contributed by atoms with E-state index in [9.17, 15) is 18.0 Å². The van der Waals surface area contributed by atoms with Gasteiger partial charge in [-0.15, -0.1) is 0 Å². The molecule has 3 N–H and O–H groups in total. The van der Waals surface area contributed by atoms with Crippen molar-refractivity contribution in [2.24, 2.45) is 5.41 Å². The molecule has 0 saturated heterocycles. The summed E-state index contributed by atoms with van der Waals surface area (Å²) in [6.07, 6.45) is 7.92. The minimum Gasteiger partial charge on any atom is -0.376 e. The first kappa shape index (κ1) is 37.7. The topological polar surface area (TPSA) is 123 Å². The minimum absolute atomic E-state index is 0.0372. The molecule has 10 heteroatoms. The van der Waals surface area contributed by atoms with E-state index in [1.54, 1.807) is 6.07 Å². The van der Waals surface area contributed by atoms with Gasteiger partial charge in [-0.25, -0.2) is 17.9 Å². The van der Waals surface area contributed by atoms with Crippen LogP contribution in [-0.4, -0.2) is 39.6 Å². The summed E-state index contributed by atoms with van der Waals surface area (Å²) >= 11 is 0. The van der Waals surface area contributed by atoms with E-state index in [0.29, 0.717) is 13.2 Å². The highest BCUT2D eigenvalue weighted by atomic mass is 32.2. The molecule has 1 unspecified atom stereocenters. The van der Waals surface area contributed by atoms with Crippen molar-refractivity contribution in [1.82, 2.24) is 10.0 Å². The van der Waals surface area contributed by atoms with Crippen LogP contribution in [0.15, 0.2) is 89.8 Å². The second kappa shape index (κ2) is 19.8. The van der Waals surface area contributed by atoms with Crippen LogP contribution < -0.4 is 15.4 Å². The molecule has 0 fully saturated rings. The number of ether oxygens (including phenoxy) is 2. The molecule has 0 spiro atoms. The summed E-state index contributed by atoms with van der Waals surface area (Å²) in [5.74, 6) is -0.531. The van der Waals surface area contributed by atoms with Crippen molar-refractivity contribution in [3.63, 3.8) is 0 Å². The fourth-order valence-electron chi connectivity index (χ4n) is 5.17. The Labute approximate surface area is 280 Å². The number of benzene rings is 3. The lowest BCUT2D eigenvalue weighted by atomic mass is 9.86. The maximum atomic E-state index is 13.8. The Morgan fingerprint density at radius 3 is 1.94 bits per heavy atom. The highest BCUT2D eigenvalue weighted by molar-refractivity contribution is 7.90. The number of nitrogens with one attached hydrogen (secondary N) is 3. The molecule has 3 aromatic carbocycles. The van der Waals surface area contributed by atoms with E-state index in [4.69, 9.17) is 9.47 Å². The van der Waals surface area contributed by atoms with Crippen LogP contribution >= 0.6 is 0 Å². The van der Waals surface area contributed by atoms with Gasteiger partial charge in [-0.1, -0.05) is 139 Å². The maximum Gasteiger partial charge on any atom is 0.328 e. The van der Waals surface area contributed by atoms with Crippen LogP contribution in [0, 0.1) is 5.41 Å². The predicted molar refractivity (Wildman–Crippen MR) is 186 cm³/mol. The Morgan fingerprint density at radius 1 is 0.745 bits per heavy atom. The van der Waals surface area contributed by atoms with Crippen LogP contribution in [0.25, 0.3) is 0 Å². The van der Waals surface area contributed by atoms with Crippen molar-refractivity contribution in [2.75, 3.05) is 18.5 Å². The Hall–Kier alpha value is -3.73. The zero-order valence-corrected chi connectivity index (χ0v) is 28.8. The zero-order chi connectivity index (χ0) is 34.0. The van der Waals surface area contributed by atoms with Crippen LogP contribution in [0.4, 0.5) is 10.5 Å². The number of anilines is 1. The normalized spacial score (nSPS) is 12.3. The summed E-state index contributed by atoms with van der Waals surface area (Å²) in [6.45, 7) is 7.04. The Bertz CT molecular complexity index is 1470.